The van der Waals surface area contributed by atoms with Crippen LogP contribution < -0.4 is 0 Å². The zero-order valence-corrected chi connectivity index (χ0v) is 19.2. The Bertz CT molecular complexity index is 473. The van der Waals surface area contributed by atoms with Crippen LogP contribution in [0.3, 0.4) is 0 Å². The van der Waals surface area contributed by atoms with Gasteiger partial charge in [0.05, 0.1) is 12.9 Å². The molecule has 1 heterocycles. The van der Waals surface area contributed by atoms with Gasteiger partial charge in [0.15, 0.2) is 0 Å². The number of esters is 1. The Morgan fingerprint density at radius 3 is 2.00 bits per heavy atom. The molecule has 4 heteroatoms. The van der Waals surface area contributed by atoms with E-state index >= 15 is 0 Å². The topological polar surface area (TPSA) is 44.1 Å². The second kappa shape index (κ2) is 18.7. The lowest BCUT2D eigenvalue weighted by atomic mass is 10.0. The largest absolute Gasteiger partial charge is 0.466 e. The van der Waals surface area contributed by atoms with Gasteiger partial charge in [0, 0.05) is 24.9 Å². The SMILES string of the molecule is CCCCCC(CCCCCCCCCCCC(=O)OCCCC)n1ccnc1. The maximum atomic E-state index is 11.5. The Labute approximate surface area is 179 Å². The van der Waals surface area contributed by atoms with E-state index in [1.807, 2.05) is 12.5 Å². The van der Waals surface area contributed by atoms with Crippen molar-refractivity contribution in [1.82, 2.24) is 9.55 Å². The summed E-state index contributed by atoms with van der Waals surface area (Å²) in [5.74, 6) is -0.0119. The van der Waals surface area contributed by atoms with Crippen molar-refractivity contribution in [3.8, 4) is 0 Å². The standard InChI is InChI=1S/C25H46N2O2/c1-3-5-14-17-24(27-21-20-26-23-27)18-15-12-10-8-7-9-11-13-16-19-25(28)29-22-6-4-2/h20-21,23-24H,3-19,22H2,1-2H3. The quantitative estimate of drug-likeness (QED) is 0.165. The summed E-state index contributed by atoms with van der Waals surface area (Å²) in [7, 11) is 0. The van der Waals surface area contributed by atoms with Crippen LogP contribution in [0, 0.1) is 0 Å². The van der Waals surface area contributed by atoms with Gasteiger partial charge in [-0.05, 0) is 25.7 Å². The third-order valence-corrected chi connectivity index (χ3v) is 5.77. The second-order valence-electron chi connectivity index (χ2n) is 8.45. The Morgan fingerprint density at radius 1 is 0.828 bits per heavy atom. The molecule has 1 atom stereocenters. The van der Waals surface area contributed by atoms with Gasteiger partial charge in [0.2, 0.25) is 0 Å². The van der Waals surface area contributed by atoms with Crippen molar-refractivity contribution in [2.45, 2.75) is 129 Å². The fraction of sp³-hybridized carbons (Fsp3) is 0.840. The molecule has 0 aliphatic carbocycles. The molecule has 29 heavy (non-hydrogen) atoms. The van der Waals surface area contributed by atoms with Crippen molar-refractivity contribution in [3.63, 3.8) is 0 Å². The van der Waals surface area contributed by atoms with Crippen LogP contribution in [0.2, 0.25) is 0 Å². The minimum atomic E-state index is -0.0119. The minimum absolute atomic E-state index is 0.0119. The normalized spacial score (nSPS) is 12.2. The molecule has 168 valence electrons. The summed E-state index contributed by atoms with van der Waals surface area (Å²) in [5.41, 5.74) is 0. The highest BCUT2D eigenvalue weighted by Gasteiger charge is 2.09. The molecule has 1 unspecified atom stereocenters. The first-order chi connectivity index (χ1) is 14.3. The van der Waals surface area contributed by atoms with Crippen molar-refractivity contribution in [1.29, 1.82) is 0 Å². The molecule has 0 saturated heterocycles. The predicted molar refractivity (Wildman–Crippen MR) is 122 cm³/mol. The monoisotopic (exact) mass is 406 g/mol. The maximum Gasteiger partial charge on any atom is 0.305 e. The number of nitrogens with zero attached hydrogens (tertiary/aromatic N) is 2. The summed E-state index contributed by atoms with van der Waals surface area (Å²) in [6, 6.07) is 0.637. The summed E-state index contributed by atoms with van der Waals surface area (Å²) < 4.78 is 7.50. The van der Waals surface area contributed by atoms with Gasteiger partial charge in [-0.2, -0.15) is 0 Å². The van der Waals surface area contributed by atoms with Crippen LogP contribution in [0.25, 0.3) is 0 Å². The van der Waals surface area contributed by atoms with E-state index in [9.17, 15) is 4.79 Å². The molecule has 0 spiro atoms. The van der Waals surface area contributed by atoms with Crippen molar-refractivity contribution >= 4 is 5.97 Å². The highest BCUT2D eigenvalue weighted by atomic mass is 16.5. The van der Waals surface area contributed by atoms with Gasteiger partial charge in [-0.1, -0.05) is 90.9 Å². The Morgan fingerprint density at radius 2 is 1.41 bits per heavy atom. The highest BCUT2D eigenvalue weighted by molar-refractivity contribution is 5.69. The number of aromatic nitrogens is 2. The van der Waals surface area contributed by atoms with Crippen molar-refractivity contribution < 1.29 is 9.53 Å². The van der Waals surface area contributed by atoms with Gasteiger partial charge < -0.3 is 9.30 Å². The van der Waals surface area contributed by atoms with Gasteiger partial charge >= 0.3 is 5.97 Å². The summed E-state index contributed by atoms with van der Waals surface area (Å²) in [6.45, 7) is 4.98. The molecule has 0 bridgehead atoms. The average molecular weight is 407 g/mol. The van der Waals surface area contributed by atoms with Crippen molar-refractivity contribution in [2.24, 2.45) is 0 Å². The molecule has 0 aliphatic rings. The molecular weight excluding hydrogens is 360 g/mol. The number of unbranched alkanes of at least 4 members (excludes halogenated alkanes) is 11. The number of hydrogen-bond donors (Lipinski definition) is 0. The molecule has 1 aromatic rings. The molecule has 0 fully saturated rings. The van der Waals surface area contributed by atoms with E-state index < -0.39 is 0 Å². The van der Waals surface area contributed by atoms with Gasteiger partial charge in [-0.25, -0.2) is 4.98 Å². The Balaban J connectivity index is 1.93. The molecule has 1 rings (SSSR count). The van der Waals surface area contributed by atoms with Crippen LogP contribution in [0.5, 0.6) is 0 Å². The predicted octanol–water partition coefficient (Wildman–Crippen LogP) is 7.64. The number of rotatable bonds is 20. The van der Waals surface area contributed by atoms with E-state index in [4.69, 9.17) is 4.74 Å². The maximum absolute atomic E-state index is 11.5. The van der Waals surface area contributed by atoms with Gasteiger partial charge in [-0.3, -0.25) is 4.79 Å². The van der Waals surface area contributed by atoms with Crippen molar-refractivity contribution in [2.75, 3.05) is 6.61 Å². The van der Waals surface area contributed by atoms with Gasteiger partial charge in [0.1, 0.15) is 0 Å². The van der Waals surface area contributed by atoms with E-state index in [1.165, 1.54) is 77.0 Å². The fourth-order valence-electron chi connectivity index (χ4n) is 3.85. The van der Waals surface area contributed by atoms with Crippen LogP contribution in [0.15, 0.2) is 18.7 Å². The fourth-order valence-corrected chi connectivity index (χ4v) is 3.85. The average Bonchev–Trinajstić information content (AvgIpc) is 3.25. The first-order valence-corrected chi connectivity index (χ1v) is 12.4. The molecule has 0 saturated carbocycles. The Kier molecular flexibility index (Phi) is 16.6. The van der Waals surface area contributed by atoms with Crippen LogP contribution in [-0.4, -0.2) is 22.1 Å². The molecule has 0 amide bonds. The van der Waals surface area contributed by atoms with Crippen LogP contribution in [0.1, 0.15) is 129 Å². The minimum Gasteiger partial charge on any atom is -0.466 e. The summed E-state index contributed by atoms with van der Waals surface area (Å²) >= 11 is 0. The van der Waals surface area contributed by atoms with E-state index in [0.29, 0.717) is 19.1 Å². The number of hydrogen-bond acceptors (Lipinski definition) is 3. The second-order valence-corrected chi connectivity index (χ2v) is 8.45. The number of carbonyl (C=O) groups is 1. The molecule has 4 nitrogen and oxygen atoms in total. The van der Waals surface area contributed by atoms with Gasteiger partial charge in [-0.15, -0.1) is 0 Å². The zero-order valence-electron chi connectivity index (χ0n) is 19.2. The van der Waals surface area contributed by atoms with E-state index in [2.05, 4.69) is 29.6 Å². The molecule has 0 radical (unpaired) electrons. The lowest BCUT2D eigenvalue weighted by molar-refractivity contribution is -0.143. The summed E-state index contributed by atoms with van der Waals surface area (Å²) in [5, 5.41) is 0. The molecule has 1 aromatic heterocycles. The highest BCUT2D eigenvalue weighted by Crippen LogP contribution is 2.23. The van der Waals surface area contributed by atoms with Crippen LogP contribution >= 0.6 is 0 Å². The number of imidazole rings is 1. The first kappa shape index (κ1) is 25.7. The van der Waals surface area contributed by atoms with E-state index in [1.54, 1.807) is 0 Å². The van der Waals surface area contributed by atoms with Crippen LogP contribution in [0.4, 0.5) is 0 Å². The third-order valence-electron chi connectivity index (χ3n) is 5.77. The molecule has 0 N–H and O–H groups in total. The zero-order chi connectivity index (χ0) is 21.0. The first-order valence-electron chi connectivity index (χ1n) is 12.4. The number of ether oxygens (including phenoxy) is 1. The number of carbonyl (C=O) groups excluding carboxylic acids is 1. The lowest BCUT2D eigenvalue weighted by Crippen LogP contribution is -2.07. The van der Waals surface area contributed by atoms with Crippen LogP contribution in [-0.2, 0) is 9.53 Å². The summed E-state index contributed by atoms with van der Waals surface area (Å²) in [4.78, 5) is 15.8. The molecule has 0 aromatic carbocycles. The smallest absolute Gasteiger partial charge is 0.305 e. The summed E-state index contributed by atoms with van der Waals surface area (Å²) in [6.07, 6.45) is 26.6. The third kappa shape index (κ3) is 14.3. The lowest BCUT2D eigenvalue weighted by Gasteiger charge is -2.18. The van der Waals surface area contributed by atoms with Gasteiger partial charge in [0.25, 0.3) is 0 Å². The van der Waals surface area contributed by atoms with E-state index in [0.717, 1.165) is 25.7 Å². The van der Waals surface area contributed by atoms with Crippen molar-refractivity contribution in [3.05, 3.63) is 18.7 Å². The Hall–Kier alpha value is -1.32. The molecule has 0 aliphatic heterocycles. The van der Waals surface area contributed by atoms with E-state index in [-0.39, 0.29) is 5.97 Å². The molecular formula is C25H46N2O2.